The molecule has 0 aliphatic rings. The molecule has 1 aromatic carbocycles. The fourth-order valence-corrected chi connectivity index (χ4v) is 2.32. The monoisotopic (exact) mass is 312 g/mol. The SMILES string of the molecule is CCCCN(CCO)c1ccc(CNC(C)(C)C)c(Cl)c1. The number of nitrogens with one attached hydrogen (secondary N) is 1. The standard InChI is InChI=1S/C17H29ClN2O/c1-5-6-9-20(10-11-21)15-8-7-14(16(18)12-15)13-19-17(2,3)4/h7-8,12,19,21H,5-6,9-11,13H2,1-4H3. The topological polar surface area (TPSA) is 35.5 Å². The van der Waals surface area contributed by atoms with Crippen LogP contribution in [0.5, 0.6) is 0 Å². The van der Waals surface area contributed by atoms with Crippen LogP contribution < -0.4 is 10.2 Å². The fraction of sp³-hybridized carbons (Fsp3) is 0.647. The second kappa shape index (κ2) is 8.62. The van der Waals surface area contributed by atoms with Crippen molar-refractivity contribution in [3.05, 3.63) is 28.8 Å². The molecule has 0 fully saturated rings. The van der Waals surface area contributed by atoms with E-state index in [4.69, 9.17) is 11.6 Å². The van der Waals surface area contributed by atoms with E-state index in [1.54, 1.807) is 0 Å². The zero-order valence-corrected chi connectivity index (χ0v) is 14.5. The van der Waals surface area contributed by atoms with Gasteiger partial charge in [0.1, 0.15) is 0 Å². The molecule has 0 aliphatic carbocycles. The van der Waals surface area contributed by atoms with Crippen LogP contribution in [-0.2, 0) is 6.54 Å². The Balaban J connectivity index is 2.78. The average Bonchev–Trinajstić information content (AvgIpc) is 2.41. The third kappa shape index (κ3) is 6.68. The van der Waals surface area contributed by atoms with Gasteiger partial charge < -0.3 is 15.3 Å². The van der Waals surface area contributed by atoms with Crippen LogP contribution in [0.3, 0.4) is 0 Å². The van der Waals surface area contributed by atoms with Crippen LogP contribution in [-0.4, -0.2) is 30.3 Å². The van der Waals surface area contributed by atoms with E-state index in [1.165, 1.54) is 0 Å². The van der Waals surface area contributed by atoms with Crippen LogP contribution in [0.1, 0.15) is 46.1 Å². The fourth-order valence-electron chi connectivity index (χ4n) is 2.08. The van der Waals surface area contributed by atoms with Crippen LogP contribution in [0.25, 0.3) is 0 Å². The first-order valence-corrected chi connectivity index (χ1v) is 8.14. The highest BCUT2D eigenvalue weighted by molar-refractivity contribution is 6.31. The Hall–Kier alpha value is -0.770. The Morgan fingerprint density at radius 1 is 1.24 bits per heavy atom. The minimum absolute atomic E-state index is 0.0754. The van der Waals surface area contributed by atoms with Gasteiger partial charge in [-0.2, -0.15) is 0 Å². The summed E-state index contributed by atoms with van der Waals surface area (Å²) >= 11 is 6.41. The molecule has 21 heavy (non-hydrogen) atoms. The smallest absolute Gasteiger partial charge is 0.0606 e. The van der Waals surface area contributed by atoms with E-state index in [1.807, 2.05) is 6.07 Å². The second-order valence-corrected chi connectivity index (χ2v) is 6.85. The molecule has 0 spiro atoms. The van der Waals surface area contributed by atoms with E-state index in [9.17, 15) is 5.11 Å². The Morgan fingerprint density at radius 3 is 2.48 bits per heavy atom. The van der Waals surface area contributed by atoms with E-state index in [0.29, 0.717) is 6.54 Å². The summed E-state index contributed by atoms with van der Waals surface area (Å²) in [5.74, 6) is 0. The van der Waals surface area contributed by atoms with Gasteiger partial charge in [0, 0.05) is 35.9 Å². The summed E-state index contributed by atoms with van der Waals surface area (Å²) in [4.78, 5) is 2.19. The number of aliphatic hydroxyl groups excluding tert-OH is 1. The molecular weight excluding hydrogens is 284 g/mol. The number of benzene rings is 1. The van der Waals surface area contributed by atoms with Crippen LogP contribution in [0.2, 0.25) is 5.02 Å². The van der Waals surface area contributed by atoms with Gasteiger partial charge in [0.2, 0.25) is 0 Å². The molecule has 0 heterocycles. The summed E-state index contributed by atoms with van der Waals surface area (Å²) in [7, 11) is 0. The van der Waals surface area contributed by atoms with E-state index < -0.39 is 0 Å². The normalized spacial score (nSPS) is 11.7. The van der Waals surface area contributed by atoms with Gasteiger partial charge in [0.15, 0.2) is 0 Å². The van der Waals surface area contributed by atoms with Crippen molar-refractivity contribution in [1.82, 2.24) is 5.32 Å². The Labute approximate surface area is 134 Å². The largest absolute Gasteiger partial charge is 0.395 e. The summed E-state index contributed by atoms with van der Waals surface area (Å²) in [6.07, 6.45) is 2.26. The lowest BCUT2D eigenvalue weighted by molar-refractivity contribution is 0.301. The molecule has 0 saturated heterocycles. The molecule has 120 valence electrons. The molecule has 0 unspecified atom stereocenters. The van der Waals surface area contributed by atoms with E-state index >= 15 is 0 Å². The minimum Gasteiger partial charge on any atom is -0.395 e. The zero-order valence-electron chi connectivity index (χ0n) is 13.7. The van der Waals surface area contributed by atoms with Crippen LogP contribution in [0, 0.1) is 0 Å². The molecule has 0 atom stereocenters. The third-order valence-corrected chi connectivity index (χ3v) is 3.71. The minimum atomic E-state index is 0.0754. The number of halogens is 1. The van der Waals surface area contributed by atoms with Crippen LogP contribution in [0.4, 0.5) is 5.69 Å². The summed E-state index contributed by atoms with van der Waals surface area (Å²) in [5, 5.41) is 13.4. The molecule has 0 saturated carbocycles. The van der Waals surface area contributed by atoms with Crippen LogP contribution >= 0.6 is 11.6 Å². The van der Waals surface area contributed by atoms with E-state index in [0.717, 1.165) is 42.2 Å². The molecule has 1 rings (SSSR count). The molecule has 4 heteroatoms. The maximum absolute atomic E-state index is 9.21. The lowest BCUT2D eigenvalue weighted by Crippen LogP contribution is -2.35. The van der Waals surface area contributed by atoms with Gasteiger partial charge in [0.05, 0.1) is 6.61 Å². The summed E-state index contributed by atoms with van der Waals surface area (Å²) in [6.45, 7) is 11.1. The first kappa shape index (κ1) is 18.3. The highest BCUT2D eigenvalue weighted by Crippen LogP contribution is 2.24. The van der Waals surface area contributed by atoms with Gasteiger partial charge in [-0.05, 0) is 44.9 Å². The van der Waals surface area contributed by atoms with Gasteiger partial charge in [-0.25, -0.2) is 0 Å². The first-order chi connectivity index (χ1) is 9.87. The molecule has 0 radical (unpaired) electrons. The van der Waals surface area contributed by atoms with Crippen LogP contribution in [0.15, 0.2) is 18.2 Å². The van der Waals surface area contributed by atoms with Crippen molar-refractivity contribution in [2.45, 2.75) is 52.6 Å². The predicted octanol–water partition coefficient (Wildman–Crippen LogP) is 3.83. The van der Waals surface area contributed by atoms with E-state index in [-0.39, 0.29) is 12.1 Å². The lowest BCUT2D eigenvalue weighted by atomic mass is 10.1. The first-order valence-electron chi connectivity index (χ1n) is 7.76. The van der Waals surface area contributed by atoms with Crippen molar-refractivity contribution >= 4 is 17.3 Å². The number of hydrogen-bond acceptors (Lipinski definition) is 3. The summed E-state index contributed by atoms with van der Waals surface area (Å²) in [6, 6.07) is 6.18. The van der Waals surface area contributed by atoms with Crippen molar-refractivity contribution in [2.24, 2.45) is 0 Å². The van der Waals surface area contributed by atoms with Crippen molar-refractivity contribution in [2.75, 3.05) is 24.6 Å². The Kier molecular flexibility index (Phi) is 7.50. The van der Waals surface area contributed by atoms with Crippen molar-refractivity contribution < 1.29 is 5.11 Å². The van der Waals surface area contributed by atoms with E-state index in [2.05, 4.69) is 50.0 Å². The highest BCUT2D eigenvalue weighted by Gasteiger charge is 2.12. The molecule has 0 aromatic heterocycles. The molecule has 0 amide bonds. The van der Waals surface area contributed by atoms with Gasteiger partial charge in [0.25, 0.3) is 0 Å². The van der Waals surface area contributed by atoms with Gasteiger partial charge >= 0.3 is 0 Å². The van der Waals surface area contributed by atoms with Gasteiger partial charge in [-0.15, -0.1) is 0 Å². The number of hydrogen-bond donors (Lipinski definition) is 2. The maximum atomic E-state index is 9.21. The Morgan fingerprint density at radius 2 is 1.95 bits per heavy atom. The summed E-state index contributed by atoms with van der Waals surface area (Å²) in [5.41, 5.74) is 2.27. The number of unbranched alkanes of at least 4 members (excludes halogenated alkanes) is 1. The van der Waals surface area contributed by atoms with Crippen molar-refractivity contribution in [1.29, 1.82) is 0 Å². The number of rotatable bonds is 8. The zero-order chi connectivity index (χ0) is 15.9. The molecule has 0 aliphatic heterocycles. The molecule has 2 N–H and O–H groups in total. The molecule has 0 bridgehead atoms. The summed E-state index contributed by atoms with van der Waals surface area (Å²) < 4.78 is 0. The molecule has 1 aromatic rings. The quantitative estimate of drug-likeness (QED) is 0.766. The number of aliphatic hydroxyl groups is 1. The lowest BCUT2D eigenvalue weighted by Gasteiger charge is -2.25. The van der Waals surface area contributed by atoms with Crippen molar-refractivity contribution in [3.8, 4) is 0 Å². The third-order valence-electron chi connectivity index (χ3n) is 3.36. The molecule has 3 nitrogen and oxygen atoms in total. The van der Waals surface area contributed by atoms with Crippen molar-refractivity contribution in [3.63, 3.8) is 0 Å². The maximum Gasteiger partial charge on any atom is 0.0606 e. The number of anilines is 1. The highest BCUT2D eigenvalue weighted by atomic mass is 35.5. The molecular formula is C17H29ClN2O. The number of nitrogens with zero attached hydrogens (tertiary/aromatic N) is 1. The second-order valence-electron chi connectivity index (χ2n) is 6.44. The predicted molar refractivity (Wildman–Crippen MR) is 92.3 cm³/mol. The van der Waals surface area contributed by atoms with Gasteiger partial charge in [-0.3, -0.25) is 0 Å². The average molecular weight is 313 g/mol. The Bertz CT molecular complexity index is 429. The van der Waals surface area contributed by atoms with Gasteiger partial charge in [-0.1, -0.05) is 31.0 Å².